The van der Waals surface area contributed by atoms with Crippen molar-refractivity contribution in [3.05, 3.63) is 63.1 Å². The number of halogens is 3. The minimum absolute atomic E-state index is 0.0378. The molecule has 1 aliphatic carbocycles. The Labute approximate surface area is 246 Å². The van der Waals surface area contributed by atoms with Crippen LogP contribution in [-0.2, 0) is 39.6 Å². The maximum absolute atomic E-state index is 15.3. The van der Waals surface area contributed by atoms with Crippen molar-refractivity contribution in [2.75, 3.05) is 30.5 Å². The maximum Gasteiger partial charge on any atom is 0.349 e. The topological polar surface area (TPSA) is 147 Å². The molecule has 3 heterocycles. The first kappa shape index (κ1) is 30.9. The van der Waals surface area contributed by atoms with Crippen LogP contribution in [0, 0.1) is 22.6 Å². The van der Waals surface area contributed by atoms with Crippen molar-refractivity contribution in [2.24, 2.45) is 12.5 Å². The van der Waals surface area contributed by atoms with Gasteiger partial charge in [-0.15, -0.1) is 0 Å². The van der Waals surface area contributed by atoms with Crippen molar-refractivity contribution in [3.63, 3.8) is 0 Å². The third-order valence-electron chi connectivity index (χ3n) is 8.87. The highest BCUT2D eigenvalue weighted by atomic mass is 32.2. The van der Waals surface area contributed by atoms with Gasteiger partial charge in [-0.3, -0.25) is 9.55 Å². The van der Waals surface area contributed by atoms with Crippen molar-refractivity contribution in [1.29, 1.82) is 5.26 Å². The molecule has 1 saturated carbocycles. The van der Waals surface area contributed by atoms with E-state index in [2.05, 4.69) is 16.4 Å². The lowest BCUT2D eigenvalue weighted by Crippen LogP contribution is -2.53. The highest BCUT2D eigenvalue weighted by Crippen LogP contribution is 2.52. The number of aliphatic hydroxyl groups excluding tert-OH is 1. The first-order valence-electron chi connectivity index (χ1n) is 13.8. The number of hydrogen-bond acceptors (Lipinski definition) is 9. The minimum Gasteiger partial charge on any atom is -0.390 e. The SMILES string of the molecule is COC1(c2cc3c(N[C@H](C)c4cccc(C(F)(F)CO)c4F)nc(=O)n(C)c3c(CC#N)n2)CCC2(CC1)CS(=O)(=O)C2. The first-order valence-corrected chi connectivity index (χ1v) is 15.6. The van der Waals surface area contributed by atoms with Gasteiger partial charge in [0.25, 0.3) is 5.92 Å². The summed E-state index contributed by atoms with van der Waals surface area (Å²) < 4.78 is 74.8. The van der Waals surface area contributed by atoms with Crippen molar-refractivity contribution in [3.8, 4) is 6.07 Å². The number of nitriles is 1. The molecule has 2 fully saturated rings. The van der Waals surface area contributed by atoms with Gasteiger partial charge in [-0.1, -0.05) is 12.1 Å². The molecule has 10 nitrogen and oxygen atoms in total. The molecule has 43 heavy (non-hydrogen) atoms. The largest absolute Gasteiger partial charge is 0.390 e. The van der Waals surface area contributed by atoms with Gasteiger partial charge in [-0.25, -0.2) is 17.6 Å². The molecule has 230 valence electrons. The molecule has 0 unspecified atom stereocenters. The van der Waals surface area contributed by atoms with Crippen molar-refractivity contribution in [1.82, 2.24) is 14.5 Å². The van der Waals surface area contributed by atoms with Gasteiger partial charge >= 0.3 is 5.69 Å². The smallest absolute Gasteiger partial charge is 0.349 e. The van der Waals surface area contributed by atoms with Gasteiger partial charge in [0, 0.05) is 25.1 Å². The summed E-state index contributed by atoms with van der Waals surface area (Å²) in [4.78, 5) is 21.8. The number of aromatic nitrogens is 3. The zero-order valence-electron chi connectivity index (χ0n) is 24.0. The van der Waals surface area contributed by atoms with Crippen molar-refractivity contribution in [2.45, 2.75) is 56.6 Å². The molecule has 5 rings (SSSR count). The van der Waals surface area contributed by atoms with Crippen molar-refractivity contribution < 1.29 is 31.4 Å². The molecule has 2 aromatic heterocycles. The second-order valence-electron chi connectivity index (χ2n) is 11.7. The summed E-state index contributed by atoms with van der Waals surface area (Å²) in [6.07, 6.45) is 2.04. The minimum atomic E-state index is -3.79. The summed E-state index contributed by atoms with van der Waals surface area (Å²) in [5.41, 5.74) is -1.84. The molecule has 2 N–H and O–H groups in total. The number of rotatable bonds is 8. The van der Waals surface area contributed by atoms with Crippen molar-refractivity contribution >= 4 is 26.6 Å². The predicted molar refractivity (Wildman–Crippen MR) is 152 cm³/mol. The Hall–Kier alpha value is -3.54. The van der Waals surface area contributed by atoms with Gasteiger partial charge in [0.1, 0.15) is 23.8 Å². The lowest BCUT2D eigenvalue weighted by Gasteiger charge is -2.49. The number of fused-ring (bicyclic) bond motifs is 1. The first-order chi connectivity index (χ1) is 20.2. The van der Waals surface area contributed by atoms with Crippen LogP contribution in [0.25, 0.3) is 10.9 Å². The van der Waals surface area contributed by atoms with Crippen LogP contribution >= 0.6 is 0 Å². The Morgan fingerprint density at radius 3 is 2.49 bits per heavy atom. The summed E-state index contributed by atoms with van der Waals surface area (Å²) in [6, 6.07) is 6.30. The molecule has 0 radical (unpaired) electrons. The summed E-state index contributed by atoms with van der Waals surface area (Å²) in [7, 11) is 0.00426. The Kier molecular flexibility index (Phi) is 7.81. The molecule has 1 saturated heterocycles. The number of aryl methyl sites for hydroxylation is 1. The number of methoxy groups -OCH3 is 1. The number of hydrogen-bond donors (Lipinski definition) is 2. The standard InChI is InChI=1S/C29H32F3N5O5S/c1-17(18-5-4-6-20(23(18)30)29(31,32)14-38)34-25-19-13-22(35-21(7-12-33)24(19)37(2)26(39)36-25)28(42-3)10-8-27(9-11-28)15-43(40,41)16-27/h4-6,13,17,38H,7-11,14-16H2,1-3H3,(H,34,36,39)/t17-/m1/s1. The number of alkyl halides is 2. The molecule has 3 aromatic rings. The summed E-state index contributed by atoms with van der Waals surface area (Å²) >= 11 is 0. The Balaban J connectivity index is 1.60. The lowest BCUT2D eigenvalue weighted by atomic mass is 9.69. The number of sulfone groups is 1. The predicted octanol–water partition coefficient (Wildman–Crippen LogP) is 3.62. The molecular weight excluding hydrogens is 587 g/mol. The van der Waals surface area contributed by atoms with E-state index in [9.17, 15) is 27.3 Å². The van der Waals surface area contributed by atoms with Gasteiger partial charge < -0.3 is 15.2 Å². The average Bonchev–Trinajstić information content (AvgIpc) is 2.95. The number of nitrogens with zero attached hydrogens (tertiary/aromatic N) is 4. The van der Waals surface area contributed by atoms with Crippen LogP contribution in [0.15, 0.2) is 29.1 Å². The third kappa shape index (κ3) is 5.38. The van der Waals surface area contributed by atoms with Gasteiger partial charge in [0.15, 0.2) is 9.84 Å². The van der Waals surface area contributed by atoms with E-state index in [1.807, 2.05) is 0 Å². The molecule has 1 atom stereocenters. The monoisotopic (exact) mass is 619 g/mol. The summed E-state index contributed by atoms with van der Waals surface area (Å²) in [5, 5.41) is 22.1. The normalized spacial score (nSPS) is 19.5. The van der Waals surface area contributed by atoms with E-state index in [1.165, 1.54) is 30.7 Å². The van der Waals surface area contributed by atoms with E-state index in [0.29, 0.717) is 48.0 Å². The van der Waals surface area contributed by atoms with Crippen LogP contribution in [0.5, 0.6) is 0 Å². The number of nitrogens with one attached hydrogen (secondary N) is 1. The van der Waals surface area contributed by atoms with Crippen LogP contribution in [0.1, 0.15) is 61.2 Å². The zero-order chi connectivity index (χ0) is 31.4. The molecule has 1 aliphatic heterocycles. The van der Waals surface area contributed by atoms with E-state index in [4.69, 9.17) is 14.8 Å². The molecule has 1 spiro atoms. The Bertz CT molecular complexity index is 1780. The summed E-state index contributed by atoms with van der Waals surface area (Å²) in [6.45, 7) is -0.0435. The number of aliphatic hydroxyl groups is 1. The van der Waals surface area contributed by atoms with Crippen LogP contribution in [0.2, 0.25) is 0 Å². The third-order valence-corrected chi connectivity index (χ3v) is 11.0. The van der Waals surface area contributed by atoms with Gasteiger partial charge in [0.2, 0.25) is 0 Å². The van der Waals surface area contributed by atoms with Gasteiger partial charge in [0.05, 0.1) is 52.5 Å². The van der Waals surface area contributed by atoms with E-state index >= 15 is 4.39 Å². The fourth-order valence-corrected chi connectivity index (χ4v) is 8.84. The Morgan fingerprint density at radius 1 is 1.23 bits per heavy atom. The number of pyridine rings is 1. The van der Waals surface area contributed by atoms with E-state index in [0.717, 1.165) is 6.07 Å². The molecule has 0 amide bonds. The molecular formula is C29H32F3N5O5S. The second-order valence-corrected chi connectivity index (χ2v) is 13.7. The van der Waals surface area contributed by atoms with E-state index < -0.39 is 51.1 Å². The average molecular weight is 620 g/mol. The Morgan fingerprint density at radius 2 is 1.91 bits per heavy atom. The number of benzene rings is 1. The van der Waals surface area contributed by atoms with Gasteiger partial charge in [-0.05, 0) is 50.2 Å². The maximum atomic E-state index is 15.3. The van der Waals surface area contributed by atoms with Crippen LogP contribution < -0.4 is 11.0 Å². The zero-order valence-corrected chi connectivity index (χ0v) is 24.8. The van der Waals surface area contributed by atoms with Crippen LogP contribution in [-0.4, -0.2) is 53.3 Å². The molecule has 1 aromatic carbocycles. The summed E-state index contributed by atoms with van der Waals surface area (Å²) in [5.74, 6) is -4.67. The van der Waals surface area contributed by atoms with Crippen LogP contribution in [0.4, 0.5) is 19.0 Å². The highest BCUT2D eigenvalue weighted by molar-refractivity contribution is 7.92. The highest BCUT2D eigenvalue weighted by Gasteiger charge is 2.53. The quantitative estimate of drug-likeness (QED) is 0.386. The number of anilines is 1. The number of ether oxygens (including phenoxy) is 1. The molecule has 0 bridgehead atoms. The van der Waals surface area contributed by atoms with E-state index in [1.54, 1.807) is 13.2 Å². The fourth-order valence-electron chi connectivity index (χ4n) is 6.48. The van der Waals surface area contributed by atoms with E-state index in [-0.39, 0.29) is 34.7 Å². The molecule has 2 aliphatic rings. The van der Waals surface area contributed by atoms with Crippen LogP contribution in [0.3, 0.4) is 0 Å². The second kappa shape index (κ2) is 10.9. The molecule has 14 heteroatoms. The fraction of sp³-hybridized carbons (Fsp3) is 0.517. The lowest BCUT2D eigenvalue weighted by molar-refractivity contribution is -0.0707. The van der Waals surface area contributed by atoms with Gasteiger partial charge in [-0.2, -0.15) is 19.0 Å².